The fourth-order valence-electron chi connectivity index (χ4n) is 1.60. The van der Waals surface area contributed by atoms with Gasteiger partial charge >= 0.3 is 0 Å². The molecule has 0 atom stereocenters. The molecule has 1 aromatic carbocycles. The molecule has 0 aliphatic rings. The summed E-state index contributed by atoms with van der Waals surface area (Å²) < 4.78 is 30.8. The molecular formula is C15H20F2N2O3. The molecule has 0 bridgehead atoms. The van der Waals surface area contributed by atoms with Crippen LogP contribution in [0.1, 0.15) is 20.3 Å². The second-order valence-corrected chi connectivity index (χ2v) is 5.31. The zero-order valence-corrected chi connectivity index (χ0v) is 12.8. The minimum absolute atomic E-state index is 0.0872. The first kappa shape index (κ1) is 18.0. The van der Waals surface area contributed by atoms with E-state index in [-0.39, 0.29) is 5.69 Å². The van der Waals surface area contributed by atoms with Crippen molar-refractivity contribution in [3.8, 4) is 0 Å². The highest BCUT2D eigenvalue weighted by Crippen LogP contribution is 2.20. The van der Waals surface area contributed by atoms with Gasteiger partial charge in [0.05, 0.1) is 0 Å². The van der Waals surface area contributed by atoms with Crippen LogP contribution in [0.15, 0.2) is 18.2 Å². The van der Waals surface area contributed by atoms with E-state index >= 15 is 0 Å². The van der Waals surface area contributed by atoms with Crippen LogP contribution in [0, 0.1) is 17.0 Å². The minimum Gasteiger partial charge on any atom is -0.385 e. The molecule has 122 valence electrons. The molecule has 2 N–H and O–H groups in total. The van der Waals surface area contributed by atoms with Gasteiger partial charge in [0.25, 0.3) is 0 Å². The van der Waals surface area contributed by atoms with Gasteiger partial charge in [0.2, 0.25) is 11.8 Å². The number of carbonyl (C=O) groups is 2. The van der Waals surface area contributed by atoms with Crippen molar-refractivity contribution in [2.75, 3.05) is 25.6 Å². The number of hydrogen-bond acceptors (Lipinski definition) is 3. The number of rotatable bonds is 7. The highest BCUT2D eigenvalue weighted by molar-refractivity contribution is 6.09. The van der Waals surface area contributed by atoms with Gasteiger partial charge in [-0.15, -0.1) is 0 Å². The third kappa shape index (κ3) is 4.77. The molecule has 0 heterocycles. The minimum atomic E-state index is -1.35. The maximum atomic E-state index is 13.1. The van der Waals surface area contributed by atoms with Crippen LogP contribution >= 0.6 is 0 Å². The fourth-order valence-corrected chi connectivity index (χ4v) is 1.60. The van der Waals surface area contributed by atoms with Crippen molar-refractivity contribution in [1.82, 2.24) is 5.32 Å². The van der Waals surface area contributed by atoms with Gasteiger partial charge in [-0.2, -0.15) is 0 Å². The van der Waals surface area contributed by atoms with E-state index in [1.165, 1.54) is 19.9 Å². The monoisotopic (exact) mass is 314 g/mol. The first-order chi connectivity index (χ1) is 10.3. The number of halogens is 2. The van der Waals surface area contributed by atoms with Crippen LogP contribution in [0.2, 0.25) is 0 Å². The summed E-state index contributed by atoms with van der Waals surface area (Å²) in [7, 11) is 1.56. The van der Waals surface area contributed by atoms with Crippen molar-refractivity contribution in [1.29, 1.82) is 0 Å². The second kappa shape index (κ2) is 7.84. The number of amides is 2. The topological polar surface area (TPSA) is 67.4 Å². The Kier molecular flexibility index (Phi) is 6.42. The molecule has 0 unspecified atom stereocenters. The van der Waals surface area contributed by atoms with Gasteiger partial charge in [-0.05, 0) is 32.4 Å². The van der Waals surface area contributed by atoms with E-state index in [0.29, 0.717) is 19.6 Å². The molecule has 1 rings (SSSR count). The van der Waals surface area contributed by atoms with Crippen molar-refractivity contribution in [3.05, 3.63) is 29.8 Å². The van der Waals surface area contributed by atoms with E-state index in [9.17, 15) is 18.4 Å². The summed E-state index contributed by atoms with van der Waals surface area (Å²) in [6.45, 7) is 3.79. The van der Waals surface area contributed by atoms with Crippen molar-refractivity contribution >= 4 is 17.5 Å². The van der Waals surface area contributed by atoms with E-state index in [1.807, 2.05) is 0 Å². The summed E-state index contributed by atoms with van der Waals surface area (Å²) in [4.78, 5) is 24.2. The van der Waals surface area contributed by atoms with Crippen LogP contribution in [-0.2, 0) is 14.3 Å². The van der Waals surface area contributed by atoms with Crippen LogP contribution < -0.4 is 10.6 Å². The molecule has 2 amide bonds. The lowest BCUT2D eigenvalue weighted by Crippen LogP contribution is -2.45. The van der Waals surface area contributed by atoms with Gasteiger partial charge in [0, 0.05) is 32.0 Å². The van der Waals surface area contributed by atoms with Crippen LogP contribution in [0.5, 0.6) is 0 Å². The lowest BCUT2D eigenvalue weighted by molar-refractivity contribution is -0.138. The molecule has 0 spiro atoms. The molecule has 1 aromatic rings. The van der Waals surface area contributed by atoms with E-state index < -0.39 is 28.9 Å². The summed E-state index contributed by atoms with van der Waals surface area (Å²) in [5.74, 6) is -3.14. The Balaban J connectivity index is 2.64. The molecule has 22 heavy (non-hydrogen) atoms. The summed E-state index contributed by atoms with van der Waals surface area (Å²) in [5.41, 5.74) is -1.26. The largest absolute Gasteiger partial charge is 0.385 e. The van der Waals surface area contributed by atoms with Crippen molar-refractivity contribution in [2.24, 2.45) is 5.41 Å². The lowest BCUT2D eigenvalue weighted by Gasteiger charge is -2.22. The first-order valence-corrected chi connectivity index (χ1v) is 6.82. The number of carbonyl (C=O) groups excluding carboxylic acids is 2. The molecule has 0 aliphatic heterocycles. The van der Waals surface area contributed by atoms with E-state index in [0.717, 1.165) is 12.1 Å². The van der Waals surface area contributed by atoms with Gasteiger partial charge in [0.1, 0.15) is 5.41 Å². The van der Waals surface area contributed by atoms with Crippen LogP contribution in [0.4, 0.5) is 14.5 Å². The molecule has 0 aromatic heterocycles. The SMILES string of the molecule is COCCCNC(=O)C(C)(C)C(=O)Nc1ccc(F)c(F)c1. The van der Waals surface area contributed by atoms with Gasteiger partial charge in [-0.3, -0.25) is 9.59 Å². The normalized spacial score (nSPS) is 11.1. The Morgan fingerprint density at radius 2 is 1.86 bits per heavy atom. The van der Waals surface area contributed by atoms with Gasteiger partial charge < -0.3 is 15.4 Å². The maximum Gasteiger partial charge on any atom is 0.239 e. The Bertz CT molecular complexity index is 548. The summed E-state index contributed by atoms with van der Waals surface area (Å²) >= 11 is 0. The predicted molar refractivity (Wildman–Crippen MR) is 78.3 cm³/mol. The van der Waals surface area contributed by atoms with Crippen molar-refractivity contribution in [2.45, 2.75) is 20.3 Å². The smallest absolute Gasteiger partial charge is 0.239 e. The highest BCUT2D eigenvalue weighted by atomic mass is 19.2. The first-order valence-electron chi connectivity index (χ1n) is 6.82. The molecule has 7 heteroatoms. The molecular weight excluding hydrogens is 294 g/mol. The van der Waals surface area contributed by atoms with E-state index in [2.05, 4.69) is 10.6 Å². The van der Waals surface area contributed by atoms with Crippen LogP contribution in [0.25, 0.3) is 0 Å². The molecule has 0 fully saturated rings. The van der Waals surface area contributed by atoms with E-state index in [4.69, 9.17) is 4.74 Å². The molecule has 0 saturated carbocycles. The Morgan fingerprint density at radius 3 is 2.45 bits per heavy atom. The summed E-state index contributed by atoms with van der Waals surface area (Å²) in [6, 6.07) is 2.99. The quantitative estimate of drug-likeness (QED) is 0.598. The van der Waals surface area contributed by atoms with Crippen LogP contribution in [0.3, 0.4) is 0 Å². The molecule has 0 saturated heterocycles. The number of hydrogen-bond donors (Lipinski definition) is 2. The standard InChI is InChI=1S/C15H20F2N2O3/c1-15(2,13(20)18-7-4-8-22-3)14(21)19-10-5-6-11(16)12(17)9-10/h5-6,9H,4,7-8H2,1-3H3,(H,18,20)(H,19,21). The third-order valence-electron chi connectivity index (χ3n) is 3.12. The van der Waals surface area contributed by atoms with Gasteiger partial charge in [-0.25, -0.2) is 8.78 Å². The predicted octanol–water partition coefficient (Wildman–Crippen LogP) is 2.08. The Labute approximate surface area is 128 Å². The molecule has 0 radical (unpaired) electrons. The average molecular weight is 314 g/mol. The molecule has 5 nitrogen and oxygen atoms in total. The summed E-state index contributed by atoms with van der Waals surface area (Å²) in [5, 5.41) is 5.03. The number of anilines is 1. The lowest BCUT2D eigenvalue weighted by atomic mass is 9.91. The Morgan fingerprint density at radius 1 is 1.18 bits per heavy atom. The highest BCUT2D eigenvalue weighted by Gasteiger charge is 2.35. The fraction of sp³-hybridized carbons (Fsp3) is 0.467. The maximum absolute atomic E-state index is 13.1. The van der Waals surface area contributed by atoms with Gasteiger partial charge in [0.15, 0.2) is 11.6 Å². The Hall–Kier alpha value is -2.02. The zero-order valence-electron chi connectivity index (χ0n) is 12.8. The second-order valence-electron chi connectivity index (χ2n) is 5.31. The average Bonchev–Trinajstić information content (AvgIpc) is 2.47. The van der Waals surface area contributed by atoms with E-state index in [1.54, 1.807) is 7.11 Å². The summed E-state index contributed by atoms with van der Waals surface area (Å²) in [6.07, 6.45) is 0.628. The van der Waals surface area contributed by atoms with Crippen molar-refractivity contribution < 1.29 is 23.1 Å². The van der Waals surface area contributed by atoms with Crippen LogP contribution in [-0.4, -0.2) is 32.1 Å². The number of ether oxygens (including phenoxy) is 1. The zero-order chi connectivity index (χ0) is 16.8. The van der Waals surface area contributed by atoms with Gasteiger partial charge in [-0.1, -0.05) is 0 Å². The number of methoxy groups -OCH3 is 1. The molecule has 0 aliphatic carbocycles. The third-order valence-corrected chi connectivity index (χ3v) is 3.12. The number of nitrogens with one attached hydrogen (secondary N) is 2. The van der Waals surface area contributed by atoms with Crippen molar-refractivity contribution in [3.63, 3.8) is 0 Å². The number of benzene rings is 1.